The average molecular weight is 328 g/mol. The van der Waals surface area contributed by atoms with E-state index < -0.39 is 4.92 Å². The van der Waals surface area contributed by atoms with E-state index in [1.165, 1.54) is 6.07 Å². The Kier molecular flexibility index (Phi) is 4.65. The van der Waals surface area contributed by atoms with E-state index in [4.69, 9.17) is 5.26 Å². The predicted molar refractivity (Wildman–Crippen MR) is 88.6 cm³/mol. The molecule has 1 heterocycles. The number of carbonyl (C=O) groups excluding carboxylic acids is 1. The molecule has 1 aliphatic carbocycles. The van der Waals surface area contributed by atoms with Gasteiger partial charge in [0.2, 0.25) is 5.91 Å². The molecule has 24 heavy (non-hydrogen) atoms. The predicted octanol–water partition coefficient (Wildman–Crippen LogP) is 2.31. The summed E-state index contributed by atoms with van der Waals surface area (Å²) >= 11 is 0. The Morgan fingerprint density at radius 3 is 2.46 bits per heavy atom. The molecular weight excluding hydrogens is 308 g/mol. The number of nitro groups is 1. The fourth-order valence-electron chi connectivity index (χ4n) is 3.61. The van der Waals surface area contributed by atoms with Gasteiger partial charge in [-0.05, 0) is 25.0 Å². The van der Waals surface area contributed by atoms with Crippen molar-refractivity contribution in [2.75, 3.05) is 31.1 Å². The summed E-state index contributed by atoms with van der Waals surface area (Å²) in [5.41, 5.74) is 0.747. The lowest BCUT2D eigenvalue weighted by Crippen LogP contribution is -2.50. The molecule has 3 rings (SSSR count). The number of anilines is 1. The van der Waals surface area contributed by atoms with E-state index in [9.17, 15) is 14.9 Å². The van der Waals surface area contributed by atoms with E-state index in [1.807, 2.05) is 15.9 Å². The zero-order valence-electron chi connectivity index (χ0n) is 13.5. The molecule has 7 nitrogen and oxygen atoms in total. The number of nitro benzene ring substituents is 1. The normalized spacial score (nSPS) is 18.5. The highest BCUT2D eigenvalue weighted by Gasteiger charge is 2.30. The molecule has 0 spiro atoms. The van der Waals surface area contributed by atoms with Gasteiger partial charge in [0.1, 0.15) is 5.69 Å². The fourth-order valence-corrected chi connectivity index (χ4v) is 3.61. The van der Waals surface area contributed by atoms with Crippen LogP contribution in [0.25, 0.3) is 0 Å². The molecule has 0 atom stereocenters. The number of nitrogens with zero attached hydrogens (tertiary/aromatic N) is 4. The molecule has 126 valence electrons. The Labute approximate surface area is 140 Å². The van der Waals surface area contributed by atoms with E-state index in [0.717, 1.165) is 25.7 Å². The van der Waals surface area contributed by atoms with Crippen molar-refractivity contribution in [2.45, 2.75) is 25.7 Å². The number of piperazine rings is 1. The first-order valence-corrected chi connectivity index (χ1v) is 8.32. The quantitative estimate of drug-likeness (QED) is 0.627. The van der Waals surface area contributed by atoms with Crippen LogP contribution in [0, 0.1) is 27.4 Å². The van der Waals surface area contributed by atoms with Gasteiger partial charge in [0.15, 0.2) is 0 Å². The van der Waals surface area contributed by atoms with Crippen LogP contribution >= 0.6 is 0 Å². The summed E-state index contributed by atoms with van der Waals surface area (Å²) in [5, 5.41) is 20.2. The highest BCUT2D eigenvalue weighted by Crippen LogP contribution is 2.31. The van der Waals surface area contributed by atoms with E-state index in [1.54, 1.807) is 12.1 Å². The van der Waals surface area contributed by atoms with Gasteiger partial charge in [0, 0.05) is 38.2 Å². The van der Waals surface area contributed by atoms with Crippen molar-refractivity contribution in [1.82, 2.24) is 4.90 Å². The third-order valence-electron chi connectivity index (χ3n) is 4.94. The van der Waals surface area contributed by atoms with Crippen molar-refractivity contribution in [3.8, 4) is 6.07 Å². The Bertz CT molecular complexity index is 684. The SMILES string of the molecule is N#Cc1ccc(N2CCN(C(=O)C3CCCC3)CC2)c([N+](=O)[O-])c1. The maximum Gasteiger partial charge on any atom is 0.293 e. The standard InChI is InChI=1S/C17H20N4O3/c18-12-13-5-6-15(16(11-13)21(23)24)19-7-9-20(10-8-19)17(22)14-3-1-2-4-14/h5-6,11,14H,1-4,7-10H2. The number of carbonyl (C=O) groups is 1. The molecule has 1 saturated heterocycles. The van der Waals surface area contributed by atoms with Crippen LogP contribution in [0.1, 0.15) is 31.2 Å². The van der Waals surface area contributed by atoms with Crippen molar-refractivity contribution in [3.63, 3.8) is 0 Å². The van der Waals surface area contributed by atoms with E-state index in [0.29, 0.717) is 31.9 Å². The van der Waals surface area contributed by atoms with Gasteiger partial charge in [-0.15, -0.1) is 0 Å². The first kappa shape index (κ1) is 16.2. The molecule has 1 aromatic rings. The highest BCUT2D eigenvalue weighted by molar-refractivity contribution is 5.79. The van der Waals surface area contributed by atoms with Crippen LogP contribution in [0.4, 0.5) is 11.4 Å². The molecular formula is C17H20N4O3. The highest BCUT2D eigenvalue weighted by atomic mass is 16.6. The largest absolute Gasteiger partial charge is 0.362 e. The van der Waals surface area contributed by atoms with Crippen molar-refractivity contribution in [2.24, 2.45) is 5.92 Å². The van der Waals surface area contributed by atoms with Gasteiger partial charge in [0.25, 0.3) is 5.69 Å². The second-order valence-electron chi connectivity index (χ2n) is 6.37. The average Bonchev–Trinajstić information content (AvgIpc) is 3.15. The van der Waals surface area contributed by atoms with Crippen molar-refractivity contribution in [3.05, 3.63) is 33.9 Å². The maximum absolute atomic E-state index is 12.5. The summed E-state index contributed by atoms with van der Waals surface area (Å²) in [5.74, 6) is 0.405. The first-order chi connectivity index (χ1) is 11.6. The Balaban J connectivity index is 1.69. The van der Waals surface area contributed by atoms with Gasteiger partial charge >= 0.3 is 0 Å². The Hall–Kier alpha value is -2.62. The lowest BCUT2D eigenvalue weighted by atomic mass is 10.1. The second-order valence-corrected chi connectivity index (χ2v) is 6.37. The molecule has 0 bridgehead atoms. The number of benzene rings is 1. The van der Waals surface area contributed by atoms with Crippen LogP contribution in [0.5, 0.6) is 0 Å². The van der Waals surface area contributed by atoms with Crippen LogP contribution in [0.2, 0.25) is 0 Å². The maximum atomic E-state index is 12.5. The summed E-state index contributed by atoms with van der Waals surface area (Å²) in [6, 6.07) is 6.47. The topological polar surface area (TPSA) is 90.5 Å². The van der Waals surface area contributed by atoms with Crippen molar-refractivity contribution >= 4 is 17.3 Å². The number of amides is 1. The van der Waals surface area contributed by atoms with Gasteiger partial charge in [-0.3, -0.25) is 14.9 Å². The minimum Gasteiger partial charge on any atom is -0.362 e. The molecule has 2 fully saturated rings. The molecule has 0 aromatic heterocycles. The Morgan fingerprint density at radius 1 is 1.21 bits per heavy atom. The van der Waals surface area contributed by atoms with Gasteiger partial charge in [-0.25, -0.2) is 0 Å². The van der Waals surface area contributed by atoms with E-state index in [2.05, 4.69) is 0 Å². The van der Waals surface area contributed by atoms with Gasteiger partial charge in [0.05, 0.1) is 16.6 Å². The smallest absolute Gasteiger partial charge is 0.293 e. The van der Waals surface area contributed by atoms with Crippen LogP contribution in [0.15, 0.2) is 18.2 Å². The molecule has 1 amide bonds. The lowest BCUT2D eigenvalue weighted by Gasteiger charge is -2.37. The summed E-state index contributed by atoms with van der Waals surface area (Å²) < 4.78 is 0. The second kappa shape index (κ2) is 6.87. The van der Waals surface area contributed by atoms with Gasteiger partial charge in [-0.1, -0.05) is 12.8 Å². The summed E-state index contributed by atoms with van der Waals surface area (Å²) in [6.45, 7) is 2.33. The molecule has 7 heteroatoms. The van der Waals surface area contributed by atoms with Crippen molar-refractivity contribution in [1.29, 1.82) is 5.26 Å². The minimum atomic E-state index is -0.452. The van der Waals surface area contributed by atoms with Gasteiger partial charge in [-0.2, -0.15) is 5.26 Å². The molecule has 1 aliphatic heterocycles. The molecule has 0 unspecified atom stereocenters. The number of rotatable bonds is 3. The van der Waals surface area contributed by atoms with Crippen LogP contribution in [0.3, 0.4) is 0 Å². The first-order valence-electron chi connectivity index (χ1n) is 8.32. The number of nitriles is 1. The van der Waals surface area contributed by atoms with Crippen LogP contribution in [-0.4, -0.2) is 41.9 Å². The van der Waals surface area contributed by atoms with E-state index in [-0.39, 0.29) is 23.1 Å². The third-order valence-corrected chi connectivity index (χ3v) is 4.94. The Morgan fingerprint density at radius 2 is 1.88 bits per heavy atom. The summed E-state index contributed by atoms with van der Waals surface area (Å²) in [6.07, 6.45) is 4.24. The fraction of sp³-hybridized carbons (Fsp3) is 0.529. The zero-order chi connectivity index (χ0) is 17.1. The van der Waals surface area contributed by atoms with Gasteiger partial charge < -0.3 is 9.80 Å². The lowest BCUT2D eigenvalue weighted by molar-refractivity contribution is -0.384. The molecule has 0 radical (unpaired) electrons. The van der Waals surface area contributed by atoms with Crippen molar-refractivity contribution < 1.29 is 9.72 Å². The zero-order valence-corrected chi connectivity index (χ0v) is 13.5. The molecule has 0 N–H and O–H groups in total. The van der Waals surface area contributed by atoms with Crippen LogP contribution in [-0.2, 0) is 4.79 Å². The summed E-state index contributed by atoms with van der Waals surface area (Å²) in [7, 11) is 0. The van der Waals surface area contributed by atoms with Crippen LogP contribution < -0.4 is 4.90 Å². The monoisotopic (exact) mass is 328 g/mol. The number of hydrogen-bond donors (Lipinski definition) is 0. The van der Waals surface area contributed by atoms with E-state index >= 15 is 0 Å². The minimum absolute atomic E-state index is 0.0513. The molecule has 1 saturated carbocycles. The molecule has 2 aliphatic rings. The molecule has 1 aromatic carbocycles. The summed E-state index contributed by atoms with van der Waals surface area (Å²) in [4.78, 5) is 27.1. The third kappa shape index (κ3) is 3.18. The number of hydrogen-bond acceptors (Lipinski definition) is 5.